The number of rotatable bonds is 2. The fourth-order valence-corrected chi connectivity index (χ4v) is 1.60. The molecular weight excluding hydrogens is 218 g/mol. The van der Waals surface area contributed by atoms with Crippen LogP contribution in [0.15, 0.2) is 29.4 Å². The van der Waals surface area contributed by atoms with E-state index >= 15 is 0 Å². The van der Waals surface area contributed by atoms with Crippen molar-refractivity contribution in [3.63, 3.8) is 0 Å². The minimum Gasteiger partial charge on any atom is -0.497 e. The minimum absolute atomic E-state index is 0.342. The molecule has 1 aromatic rings. The molecular formula is C12H11N3O2. The molecule has 1 unspecified atom stereocenters. The maximum absolute atomic E-state index is 11.2. The summed E-state index contributed by atoms with van der Waals surface area (Å²) in [5.74, 6) is -0.250. The van der Waals surface area contributed by atoms with Gasteiger partial charge in [-0.1, -0.05) is 0 Å². The summed E-state index contributed by atoms with van der Waals surface area (Å²) in [4.78, 5) is 11.2. The van der Waals surface area contributed by atoms with E-state index in [4.69, 9.17) is 10.00 Å². The second-order valence-electron chi connectivity index (χ2n) is 3.65. The zero-order valence-corrected chi connectivity index (χ0v) is 9.30. The molecule has 17 heavy (non-hydrogen) atoms. The van der Waals surface area contributed by atoms with Gasteiger partial charge < -0.3 is 4.74 Å². The highest BCUT2D eigenvalue weighted by Gasteiger charge is 2.25. The molecule has 0 aromatic heterocycles. The maximum atomic E-state index is 11.2. The first-order valence-electron chi connectivity index (χ1n) is 5.15. The number of nitrogens with one attached hydrogen (secondary N) is 1. The number of benzene rings is 1. The molecule has 0 saturated heterocycles. The molecule has 0 radical (unpaired) electrons. The molecule has 1 N–H and O–H groups in total. The van der Waals surface area contributed by atoms with Crippen LogP contribution in [0, 0.1) is 17.2 Å². The Morgan fingerprint density at radius 2 is 2.18 bits per heavy atom. The summed E-state index contributed by atoms with van der Waals surface area (Å²) in [5, 5.41) is 12.8. The van der Waals surface area contributed by atoms with Crippen molar-refractivity contribution < 1.29 is 9.53 Å². The first kappa shape index (κ1) is 11.1. The highest BCUT2D eigenvalue weighted by molar-refractivity contribution is 6.05. The molecule has 0 fully saturated rings. The highest BCUT2D eigenvalue weighted by Crippen LogP contribution is 2.17. The number of ether oxygens (including phenoxy) is 1. The molecule has 5 nitrogen and oxygen atoms in total. The van der Waals surface area contributed by atoms with E-state index in [0.29, 0.717) is 12.1 Å². The van der Waals surface area contributed by atoms with Crippen molar-refractivity contribution in [2.45, 2.75) is 6.42 Å². The lowest BCUT2D eigenvalue weighted by molar-refractivity contribution is -0.123. The molecule has 1 aliphatic heterocycles. The highest BCUT2D eigenvalue weighted by atomic mass is 16.5. The van der Waals surface area contributed by atoms with E-state index in [2.05, 4.69) is 10.5 Å². The smallest absolute Gasteiger partial charge is 0.257 e. The van der Waals surface area contributed by atoms with Crippen molar-refractivity contribution >= 4 is 11.6 Å². The van der Waals surface area contributed by atoms with Crippen LogP contribution >= 0.6 is 0 Å². The van der Waals surface area contributed by atoms with Gasteiger partial charge in [-0.05, 0) is 29.8 Å². The zero-order valence-electron chi connectivity index (χ0n) is 9.30. The topological polar surface area (TPSA) is 74.5 Å². The fraction of sp³-hybridized carbons (Fsp3) is 0.250. The summed E-state index contributed by atoms with van der Waals surface area (Å²) in [7, 11) is 1.60. The van der Waals surface area contributed by atoms with Gasteiger partial charge >= 0.3 is 0 Å². The largest absolute Gasteiger partial charge is 0.497 e. The molecule has 0 aliphatic carbocycles. The van der Waals surface area contributed by atoms with E-state index in [1.165, 1.54) is 0 Å². The number of carbonyl (C=O) groups is 1. The number of hydrogen-bond acceptors (Lipinski definition) is 4. The third kappa shape index (κ3) is 2.26. The Kier molecular flexibility index (Phi) is 3.06. The van der Waals surface area contributed by atoms with Gasteiger partial charge in [-0.2, -0.15) is 10.4 Å². The summed E-state index contributed by atoms with van der Waals surface area (Å²) in [6.45, 7) is 0. The van der Waals surface area contributed by atoms with E-state index in [1.54, 1.807) is 7.11 Å². The van der Waals surface area contributed by atoms with Gasteiger partial charge in [0, 0.05) is 6.42 Å². The van der Waals surface area contributed by atoms with E-state index in [9.17, 15) is 4.79 Å². The molecule has 1 atom stereocenters. The number of nitriles is 1. The summed E-state index contributed by atoms with van der Waals surface area (Å²) >= 11 is 0. The lowest BCUT2D eigenvalue weighted by atomic mass is 9.97. The molecule has 1 amide bonds. The van der Waals surface area contributed by atoms with Gasteiger partial charge in [-0.3, -0.25) is 4.79 Å². The molecule has 0 spiro atoms. The second kappa shape index (κ2) is 4.66. The summed E-state index contributed by atoms with van der Waals surface area (Å²) in [6, 6.07) is 9.29. The average molecular weight is 229 g/mol. The second-order valence-corrected chi connectivity index (χ2v) is 3.65. The van der Waals surface area contributed by atoms with Crippen LogP contribution in [0.4, 0.5) is 0 Å². The SMILES string of the molecule is COc1ccc(C2=NNC(=O)C(C#N)C2)cc1. The third-order valence-corrected chi connectivity index (χ3v) is 2.59. The van der Waals surface area contributed by atoms with Gasteiger partial charge in [0.15, 0.2) is 0 Å². The monoisotopic (exact) mass is 229 g/mol. The van der Waals surface area contributed by atoms with Crippen molar-refractivity contribution in [1.82, 2.24) is 5.43 Å². The molecule has 0 bridgehead atoms. The summed E-state index contributed by atoms with van der Waals surface area (Å²) in [5.41, 5.74) is 3.94. The van der Waals surface area contributed by atoms with Gasteiger partial charge in [0.2, 0.25) is 0 Å². The van der Waals surface area contributed by atoms with Crippen molar-refractivity contribution in [1.29, 1.82) is 5.26 Å². The van der Waals surface area contributed by atoms with Crippen molar-refractivity contribution in [2.75, 3.05) is 7.11 Å². The van der Waals surface area contributed by atoms with Crippen LogP contribution in [0.5, 0.6) is 5.75 Å². The number of methoxy groups -OCH3 is 1. The predicted octanol–water partition coefficient (Wildman–Crippen LogP) is 1.06. The first-order chi connectivity index (χ1) is 8.24. The molecule has 5 heteroatoms. The quantitative estimate of drug-likeness (QED) is 0.823. The molecule has 2 rings (SSSR count). The third-order valence-electron chi connectivity index (χ3n) is 2.59. The molecule has 0 saturated carbocycles. The van der Waals surface area contributed by atoms with Crippen molar-refractivity contribution in [2.24, 2.45) is 11.0 Å². The Morgan fingerprint density at radius 3 is 2.76 bits per heavy atom. The van der Waals surface area contributed by atoms with Crippen LogP contribution in [0.2, 0.25) is 0 Å². The summed E-state index contributed by atoms with van der Waals surface area (Å²) < 4.78 is 5.05. The Labute approximate surface area is 98.7 Å². The van der Waals surface area contributed by atoms with E-state index in [1.807, 2.05) is 30.3 Å². The van der Waals surface area contributed by atoms with E-state index in [0.717, 1.165) is 11.3 Å². The minimum atomic E-state index is -0.662. The normalized spacial score (nSPS) is 18.9. The number of hydrazone groups is 1. The Hall–Kier alpha value is -2.35. The Bertz CT molecular complexity index is 499. The molecule has 86 valence electrons. The lowest BCUT2D eigenvalue weighted by Gasteiger charge is -2.16. The van der Waals surface area contributed by atoms with Crippen LogP contribution < -0.4 is 10.2 Å². The zero-order chi connectivity index (χ0) is 12.3. The van der Waals surface area contributed by atoms with Crippen LogP contribution in [0.1, 0.15) is 12.0 Å². The van der Waals surface area contributed by atoms with E-state index < -0.39 is 5.92 Å². The first-order valence-corrected chi connectivity index (χ1v) is 5.15. The van der Waals surface area contributed by atoms with Crippen molar-refractivity contribution in [3.05, 3.63) is 29.8 Å². The standard InChI is InChI=1S/C12H11N3O2/c1-17-10-4-2-8(3-5-10)11-6-9(7-13)12(16)15-14-11/h2-5,9H,6H2,1H3,(H,15,16). The van der Waals surface area contributed by atoms with Gasteiger partial charge in [-0.25, -0.2) is 5.43 Å². The predicted molar refractivity (Wildman–Crippen MR) is 61.4 cm³/mol. The van der Waals surface area contributed by atoms with Crippen LogP contribution in [0.3, 0.4) is 0 Å². The molecule has 1 aromatic carbocycles. The fourth-order valence-electron chi connectivity index (χ4n) is 1.60. The van der Waals surface area contributed by atoms with Crippen LogP contribution in [-0.4, -0.2) is 18.7 Å². The summed E-state index contributed by atoms with van der Waals surface area (Å²) in [6.07, 6.45) is 0.342. The number of hydrogen-bond donors (Lipinski definition) is 1. The maximum Gasteiger partial charge on any atom is 0.257 e. The Balaban J connectivity index is 2.23. The van der Waals surface area contributed by atoms with E-state index in [-0.39, 0.29) is 5.91 Å². The molecule has 1 heterocycles. The van der Waals surface area contributed by atoms with Crippen molar-refractivity contribution in [3.8, 4) is 11.8 Å². The van der Waals surface area contributed by atoms with Gasteiger partial charge in [0.25, 0.3) is 5.91 Å². The number of carbonyl (C=O) groups excluding carboxylic acids is 1. The molecule has 1 aliphatic rings. The van der Waals surface area contributed by atoms with Crippen LogP contribution in [0.25, 0.3) is 0 Å². The number of nitrogens with zero attached hydrogens (tertiary/aromatic N) is 2. The van der Waals surface area contributed by atoms with Gasteiger partial charge in [-0.15, -0.1) is 0 Å². The average Bonchev–Trinajstić information content (AvgIpc) is 2.39. The van der Waals surface area contributed by atoms with Crippen LogP contribution in [-0.2, 0) is 4.79 Å². The number of amides is 1. The van der Waals surface area contributed by atoms with Gasteiger partial charge in [0.1, 0.15) is 11.7 Å². The lowest BCUT2D eigenvalue weighted by Crippen LogP contribution is -2.33. The Morgan fingerprint density at radius 1 is 1.47 bits per heavy atom. The van der Waals surface area contributed by atoms with Gasteiger partial charge in [0.05, 0.1) is 18.9 Å².